The molecule has 15 heavy (non-hydrogen) atoms. The summed E-state index contributed by atoms with van der Waals surface area (Å²) in [6.45, 7) is 1.98. The summed E-state index contributed by atoms with van der Waals surface area (Å²) >= 11 is 0. The van der Waals surface area contributed by atoms with E-state index >= 15 is 0 Å². The van der Waals surface area contributed by atoms with Gasteiger partial charge in [0.2, 0.25) is 0 Å². The summed E-state index contributed by atoms with van der Waals surface area (Å²) < 4.78 is 0. The van der Waals surface area contributed by atoms with Crippen molar-refractivity contribution in [3.8, 4) is 6.07 Å². The van der Waals surface area contributed by atoms with E-state index in [4.69, 9.17) is 5.26 Å². The molecule has 1 fully saturated rings. The summed E-state index contributed by atoms with van der Waals surface area (Å²) in [5, 5.41) is 17.5. The molecular formula is C12H11N3. The predicted octanol–water partition coefficient (Wildman–Crippen LogP) is 2.72. The van der Waals surface area contributed by atoms with Gasteiger partial charge in [0, 0.05) is 5.92 Å². The van der Waals surface area contributed by atoms with Crippen LogP contribution in [-0.2, 0) is 0 Å². The van der Waals surface area contributed by atoms with E-state index in [9.17, 15) is 0 Å². The molecule has 1 saturated carbocycles. The SMILES string of the molecule is CC1(C#N)C2N=NC(c3ccccc3)C21. The Morgan fingerprint density at radius 1 is 1.27 bits per heavy atom. The monoisotopic (exact) mass is 197 g/mol. The maximum Gasteiger partial charge on any atom is 0.102 e. The fourth-order valence-corrected chi connectivity index (χ4v) is 2.50. The van der Waals surface area contributed by atoms with Gasteiger partial charge in [-0.15, -0.1) is 0 Å². The summed E-state index contributed by atoms with van der Waals surface area (Å²) in [6, 6.07) is 12.7. The molecule has 1 aromatic rings. The standard InChI is InChI=1S/C12H11N3/c1-12(7-13)9-10(14-15-11(9)12)8-5-3-2-4-6-8/h2-6,9-11H,1H3. The maximum atomic E-state index is 9.08. The molecule has 3 heteroatoms. The second kappa shape index (κ2) is 2.66. The van der Waals surface area contributed by atoms with Gasteiger partial charge in [0.05, 0.1) is 17.5 Å². The van der Waals surface area contributed by atoms with Crippen LogP contribution in [0.1, 0.15) is 18.5 Å². The van der Waals surface area contributed by atoms with Gasteiger partial charge in [0.25, 0.3) is 0 Å². The van der Waals surface area contributed by atoms with Crippen molar-refractivity contribution in [1.82, 2.24) is 0 Å². The van der Waals surface area contributed by atoms with Crippen LogP contribution >= 0.6 is 0 Å². The van der Waals surface area contributed by atoms with Gasteiger partial charge in [-0.25, -0.2) is 0 Å². The lowest BCUT2D eigenvalue weighted by molar-refractivity contribution is 0.523. The second-order valence-electron chi connectivity index (χ2n) is 4.45. The quantitative estimate of drug-likeness (QED) is 0.682. The lowest BCUT2D eigenvalue weighted by atomic mass is 9.97. The molecule has 4 atom stereocenters. The Morgan fingerprint density at radius 3 is 2.60 bits per heavy atom. The first-order chi connectivity index (χ1) is 7.27. The molecule has 0 radical (unpaired) electrons. The van der Waals surface area contributed by atoms with E-state index in [0.29, 0.717) is 5.92 Å². The van der Waals surface area contributed by atoms with E-state index in [-0.39, 0.29) is 17.5 Å². The van der Waals surface area contributed by atoms with E-state index in [1.54, 1.807) is 0 Å². The summed E-state index contributed by atoms with van der Waals surface area (Å²) in [4.78, 5) is 0. The number of hydrogen-bond donors (Lipinski definition) is 0. The van der Waals surface area contributed by atoms with Crippen LogP contribution < -0.4 is 0 Å². The fourth-order valence-electron chi connectivity index (χ4n) is 2.50. The van der Waals surface area contributed by atoms with E-state index in [0.717, 1.165) is 0 Å². The van der Waals surface area contributed by atoms with Crippen LogP contribution in [0.15, 0.2) is 40.6 Å². The van der Waals surface area contributed by atoms with Crippen LogP contribution in [0.4, 0.5) is 0 Å². The molecule has 74 valence electrons. The molecule has 4 unspecified atom stereocenters. The topological polar surface area (TPSA) is 48.5 Å². The van der Waals surface area contributed by atoms with Crippen LogP contribution in [-0.4, -0.2) is 6.04 Å². The smallest absolute Gasteiger partial charge is 0.102 e. The average Bonchev–Trinajstić information content (AvgIpc) is 2.69. The lowest BCUT2D eigenvalue weighted by Gasteiger charge is -2.10. The van der Waals surface area contributed by atoms with Gasteiger partial charge in [-0.2, -0.15) is 15.5 Å². The zero-order valence-electron chi connectivity index (χ0n) is 8.46. The largest absolute Gasteiger partial charge is 0.198 e. The predicted molar refractivity (Wildman–Crippen MR) is 55.0 cm³/mol. The highest BCUT2D eigenvalue weighted by Crippen LogP contribution is 2.64. The molecule has 3 nitrogen and oxygen atoms in total. The first-order valence-electron chi connectivity index (χ1n) is 5.13. The molecule has 0 bridgehead atoms. The molecule has 1 aromatic carbocycles. The van der Waals surface area contributed by atoms with Crippen LogP contribution in [0.3, 0.4) is 0 Å². The molecule has 0 aromatic heterocycles. The van der Waals surface area contributed by atoms with Gasteiger partial charge in [-0.1, -0.05) is 30.3 Å². The molecule has 0 amide bonds. The van der Waals surface area contributed by atoms with Crippen molar-refractivity contribution in [3.63, 3.8) is 0 Å². The van der Waals surface area contributed by atoms with E-state index in [2.05, 4.69) is 28.4 Å². The van der Waals surface area contributed by atoms with Crippen molar-refractivity contribution in [2.75, 3.05) is 0 Å². The number of rotatable bonds is 1. The first kappa shape index (κ1) is 8.60. The molecule has 3 rings (SSSR count). The van der Waals surface area contributed by atoms with Crippen molar-refractivity contribution in [1.29, 1.82) is 5.26 Å². The van der Waals surface area contributed by atoms with Gasteiger partial charge in [0.1, 0.15) is 6.04 Å². The Kier molecular flexibility index (Phi) is 1.53. The Morgan fingerprint density at radius 2 is 2.00 bits per heavy atom. The van der Waals surface area contributed by atoms with Gasteiger partial charge in [0.15, 0.2) is 0 Å². The number of azo groups is 1. The normalized spacial score (nSPS) is 40.9. The van der Waals surface area contributed by atoms with Gasteiger partial charge >= 0.3 is 0 Å². The summed E-state index contributed by atoms with van der Waals surface area (Å²) in [7, 11) is 0. The van der Waals surface area contributed by atoms with Crippen molar-refractivity contribution in [2.45, 2.75) is 19.0 Å². The number of benzene rings is 1. The molecule has 0 saturated heterocycles. The third-order valence-corrected chi connectivity index (χ3v) is 3.58. The molecule has 0 N–H and O–H groups in total. The number of nitrogens with zero attached hydrogens (tertiary/aromatic N) is 3. The Balaban J connectivity index is 1.94. The Labute approximate surface area is 88.4 Å². The zero-order valence-corrected chi connectivity index (χ0v) is 8.46. The maximum absolute atomic E-state index is 9.08. The van der Waals surface area contributed by atoms with Gasteiger partial charge in [-0.3, -0.25) is 0 Å². The third-order valence-electron chi connectivity index (χ3n) is 3.58. The molecule has 2 aliphatic rings. The third kappa shape index (κ3) is 0.992. The number of nitriles is 1. The minimum Gasteiger partial charge on any atom is -0.198 e. The highest BCUT2D eigenvalue weighted by molar-refractivity contribution is 5.34. The van der Waals surface area contributed by atoms with Crippen molar-refractivity contribution in [2.24, 2.45) is 21.6 Å². The average molecular weight is 197 g/mol. The Bertz CT molecular complexity index is 460. The highest BCUT2D eigenvalue weighted by atomic mass is 15.3. The fraction of sp³-hybridized carbons (Fsp3) is 0.417. The van der Waals surface area contributed by atoms with Crippen LogP contribution in [0.2, 0.25) is 0 Å². The Hall–Kier alpha value is -1.69. The number of fused-ring (bicyclic) bond motifs is 1. The second-order valence-corrected chi connectivity index (χ2v) is 4.45. The minimum absolute atomic E-state index is 0.0980. The summed E-state index contributed by atoms with van der Waals surface area (Å²) in [5.41, 5.74) is 0.898. The minimum atomic E-state index is -0.276. The van der Waals surface area contributed by atoms with Gasteiger partial charge in [-0.05, 0) is 12.5 Å². The van der Waals surface area contributed by atoms with Gasteiger partial charge < -0.3 is 0 Å². The first-order valence-corrected chi connectivity index (χ1v) is 5.13. The molecular weight excluding hydrogens is 186 g/mol. The highest BCUT2D eigenvalue weighted by Gasteiger charge is 2.69. The molecule has 1 aliphatic heterocycles. The van der Waals surface area contributed by atoms with E-state index < -0.39 is 0 Å². The summed E-state index contributed by atoms with van der Waals surface area (Å²) in [5.74, 6) is 0.296. The van der Waals surface area contributed by atoms with E-state index in [1.165, 1.54) is 5.56 Å². The van der Waals surface area contributed by atoms with Crippen LogP contribution in [0.5, 0.6) is 0 Å². The molecule has 0 spiro atoms. The van der Waals surface area contributed by atoms with Crippen molar-refractivity contribution in [3.05, 3.63) is 35.9 Å². The molecule has 1 heterocycles. The lowest BCUT2D eigenvalue weighted by Crippen LogP contribution is -2.04. The number of hydrogen-bond acceptors (Lipinski definition) is 3. The van der Waals surface area contributed by atoms with Crippen LogP contribution in [0, 0.1) is 22.7 Å². The van der Waals surface area contributed by atoms with Crippen molar-refractivity contribution < 1.29 is 0 Å². The summed E-state index contributed by atoms with van der Waals surface area (Å²) in [6.07, 6.45) is 0. The van der Waals surface area contributed by atoms with Crippen molar-refractivity contribution >= 4 is 0 Å². The van der Waals surface area contributed by atoms with E-state index in [1.807, 2.05) is 25.1 Å². The zero-order chi connectivity index (χ0) is 10.5. The molecule has 1 aliphatic carbocycles. The van der Waals surface area contributed by atoms with Crippen LogP contribution in [0.25, 0.3) is 0 Å².